The first-order chi connectivity index (χ1) is 17.8. The summed E-state index contributed by atoms with van der Waals surface area (Å²) < 4.78 is 11.4. The van der Waals surface area contributed by atoms with Crippen LogP contribution in [-0.4, -0.2) is 65.5 Å². The number of hydrogen-bond donors (Lipinski definition) is 1. The minimum atomic E-state index is -0.680. The third kappa shape index (κ3) is 6.92. The molecule has 1 saturated heterocycles. The average Bonchev–Trinajstić information content (AvgIpc) is 3.15. The van der Waals surface area contributed by atoms with E-state index in [-0.39, 0.29) is 17.4 Å². The van der Waals surface area contributed by atoms with Crippen LogP contribution in [0.3, 0.4) is 0 Å². The molecule has 7 heteroatoms. The number of carbonyl (C=O) groups is 2. The number of carbonyl (C=O) groups excluding carboxylic acids is 2. The number of hydrogen-bond acceptors (Lipinski definition) is 6. The summed E-state index contributed by atoms with van der Waals surface area (Å²) in [5.41, 5.74) is 1.32. The molecule has 2 aromatic carbocycles. The third-order valence-corrected chi connectivity index (χ3v) is 6.48. The summed E-state index contributed by atoms with van der Waals surface area (Å²) in [5, 5.41) is 11.3. The van der Waals surface area contributed by atoms with E-state index in [1.54, 1.807) is 29.2 Å². The second-order valence-corrected chi connectivity index (χ2v) is 9.48. The van der Waals surface area contributed by atoms with E-state index in [1.165, 1.54) is 0 Å². The Morgan fingerprint density at radius 1 is 0.973 bits per heavy atom. The summed E-state index contributed by atoms with van der Waals surface area (Å²) in [6, 6.07) is 13.7. The zero-order valence-electron chi connectivity index (χ0n) is 22.7. The van der Waals surface area contributed by atoms with Gasteiger partial charge in [0.1, 0.15) is 17.3 Å². The van der Waals surface area contributed by atoms with Crippen molar-refractivity contribution in [3.63, 3.8) is 0 Å². The maximum absolute atomic E-state index is 13.3. The van der Waals surface area contributed by atoms with Crippen LogP contribution in [0.1, 0.15) is 64.6 Å². The first-order valence-corrected chi connectivity index (χ1v) is 13.3. The summed E-state index contributed by atoms with van der Waals surface area (Å²) >= 11 is 0. The number of nitrogens with zero attached hydrogens (tertiary/aromatic N) is 2. The molecule has 1 heterocycles. The predicted octanol–water partition coefficient (Wildman–Crippen LogP) is 5.42. The number of ether oxygens (including phenoxy) is 2. The highest BCUT2D eigenvalue weighted by molar-refractivity contribution is 6.46. The van der Waals surface area contributed by atoms with Gasteiger partial charge in [-0.2, -0.15) is 0 Å². The van der Waals surface area contributed by atoms with Crippen LogP contribution in [0.15, 0.2) is 54.1 Å². The van der Waals surface area contributed by atoms with Crippen molar-refractivity contribution in [1.82, 2.24) is 9.80 Å². The topological polar surface area (TPSA) is 79.3 Å². The van der Waals surface area contributed by atoms with Crippen LogP contribution in [-0.2, 0) is 9.59 Å². The Bertz CT molecular complexity index is 1070. The number of rotatable bonds is 13. The Labute approximate surface area is 220 Å². The molecule has 0 aromatic heterocycles. The molecule has 0 saturated carbocycles. The maximum atomic E-state index is 13.3. The van der Waals surface area contributed by atoms with E-state index in [0.717, 1.165) is 38.0 Å². The lowest BCUT2D eigenvalue weighted by Crippen LogP contribution is -2.33. The number of benzene rings is 2. The molecular weight excluding hydrogens is 468 g/mol. The van der Waals surface area contributed by atoms with E-state index in [1.807, 2.05) is 45.0 Å². The number of amides is 1. The highest BCUT2D eigenvalue weighted by Gasteiger charge is 2.45. The second kappa shape index (κ2) is 13.3. The smallest absolute Gasteiger partial charge is 0.295 e. The molecule has 1 atom stereocenters. The molecule has 7 nitrogen and oxygen atoms in total. The van der Waals surface area contributed by atoms with Crippen molar-refractivity contribution in [2.45, 2.75) is 59.6 Å². The summed E-state index contributed by atoms with van der Waals surface area (Å²) in [4.78, 5) is 30.4. The van der Waals surface area contributed by atoms with Gasteiger partial charge in [-0.05, 0) is 88.3 Å². The fraction of sp³-hybridized carbons (Fsp3) is 0.467. The normalized spacial score (nSPS) is 17.2. The number of likely N-dealkylation sites (tertiary alicyclic amines) is 1. The lowest BCUT2D eigenvalue weighted by atomic mass is 9.95. The van der Waals surface area contributed by atoms with E-state index in [0.29, 0.717) is 30.2 Å². The average molecular weight is 509 g/mol. The molecule has 0 aliphatic carbocycles. The zero-order chi connectivity index (χ0) is 26.9. The van der Waals surface area contributed by atoms with Crippen LogP contribution in [0.4, 0.5) is 0 Å². The molecule has 1 N–H and O–H groups in total. The van der Waals surface area contributed by atoms with Crippen LogP contribution in [0.2, 0.25) is 0 Å². The molecule has 0 bridgehead atoms. The van der Waals surface area contributed by atoms with Crippen LogP contribution < -0.4 is 9.47 Å². The SMILES string of the molecule is CCCOc1ccc(/C(O)=C2/C(=O)C(=O)N(CCCN(CC)CC)C2c2ccc(OC(C)C)cc2)cc1. The zero-order valence-corrected chi connectivity index (χ0v) is 22.7. The van der Waals surface area contributed by atoms with Crippen molar-refractivity contribution in [3.05, 3.63) is 65.2 Å². The molecule has 0 spiro atoms. The van der Waals surface area contributed by atoms with Gasteiger partial charge in [0.05, 0.1) is 24.3 Å². The van der Waals surface area contributed by atoms with Gasteiger partial charge >= 0.3 is 0 Å². The quantitative estimate of drug-likeness (QED) is 0.221. The Morgan fingerprint density at radius 3 is 2.16 bits per heavy atom. The summed E-state index contributed by atoms with van der Waals surface area (Å²) in [5.74, 6) is -0.0396. The Hall–Kier alpha value is -3.32. The lowest BCUT2D eigenvalue weighted by Gasteiger charge is -2.27. The Morgan fingerprint density at radius 2 is 1.59 bits per heavy atom. The molecule has 1 fully saturated rings. The molecule has 1 aliphatic rings. The number of ketones is 1. The van der Waals surface area contributed by atoms with Gasteiger partial charge < -0.3 is 24.4 Å². The van der Waals surface area contributed by atoms with E-state index in [2.05, 4.69) is 18.7 Å². The third-order valence-electron chi connectivity index (χ3n) is 6.48. The molecule has 1 amide bonds. The molecule has 200 valence electrons. The summed E-state index contributed by atoms with van der Waals surface area (Å²) in [6.07, 6.45) is 1.64. The fourth-order valence-corrected chi connectivity index (χ4v) is 4.55. The molecule has 0 radical (unpaired) electrons. The second-order valence-electron chi connectivity index (χ2n) is 9.48. The molecule has 1 unspecified atom stereocenters. The highest BCUT2D eigenvalue weighted by atomic mass is 16.5. The van der Waals surface area contributed by atoms with E-state index < -0.39 is 17.7 Å². The van der Waals surface area contributed by atoms with Crippen molar-refractivity contribution in [2.75, 3.05) is 32.8 Å². The largest absolute Gasteiger partial charge is 0.507 e. The van der Waals surface area contributed by atoms with Crippen molar-refractivity contribution in [2.24, 2.45) is 0 Å². The summed E-state index contributed by atoms with van der Waals surface area (Å²) in [7, 11) is 0. The highest BCUT2D eigenvalue weighted by Crippen LogP contribution is 2.40. The maximum Gasteiger partial charge on any atom is 0.295 e. The monoisotopic (exact) mass is 508 g/mol. The van der Waals surface area contributed by atoms with Gasteiger partial charge in [-0.15, -0.1) is 0 Å². The van der Waals surface area contributed by atoms with Gasteiger partial charge in [-0.3, -0.25) is 9.59 Å². The number of Topliss-reactive ketones (excluding diaryl/α,β-unsaturated/α-hetero) is 1. The van der Waals surface area contributed by atoms with Gasteiger partial charge in [0, 0.05) is 12.1 Å². The molecule has 3 rings (SSSR count). The lowest BCUT2D eigenvalue weighted by molar-refractivity contribution is -0.140. The summed E-state index contributed by atoms with van der Waals surface area (Å²) in [6.45, 7) is 13.8. The van der Waals surface area contributed by atoms with Crippen LogP contribution in [0, 0.1) is 0 Å². The van der Waals surface area contributed by atoms with Crippen molar-refractivity contribution in [1.29, 1.82) is 0 Å². The predicted molar refractivity (Wildman–Crippen MR) is 146 cm³/mol. The van der Waals surface area contributed by atoms with Crippen molar-refractivity contribution in [3.8, 4) is 11.5 Å². The molecule has 37 heavy (non-hydrogen) atoms. The first-order valence-electron chi connectivity index (χ1n) is 13.3. The van der Waals surface area contributed by atoms with Gasteiger partial charge in [-0.1, -0.05) is 32.9 Å². The minimum Gasteiger partial charge on any atom is -0.507 e. The number of aliphatic hydroxyl groups is 1. The van der Waals surface area contributed by atoms with Crippen molar-refractivity contribution >= 4 is 17.4 Å². The van der Waals surface area contributed by atoms with Crippen LogP contribution in [0.5, 0.6) is 11.5 Å². The van der Waals surface area contributed by atoms with Crippen molar-refractivity contribution < 1.29 is 24.2 Å². The van der Waals surface area contributed by atoms with Crippen LogP contribution >= 0.6 is 0 Å². The van der Waals surface area contributed by atoms with Gasteiger partial charge in [0.2, 0.25) is 0 Å². The minimum absolute atomic E-state index is 0.0286. The van der Waals surface area contributed by atoms with Gasteiger partial charge in [0.25, 0.3) is 11.7 Å². The van der Waals surface area contributed by atoms with Crippen LogP contribution in [0.25, 0.3) is 5.76 Å². The van der Waals surface area contributed by atoms with Gasteiger partial charge in [0.15, 0.2) is 0 Å². The van der Waals surface area contributed by atoms with E-state index in [9.17, 15) is 14.7 Å². The standard InChI is InChI=1S/C30H40N2O5/c1-6-20-36-24-14-12-23(13-15-24)28(33)26-27(22-10-16-25(17-11-22)37-21(4)5)32(30(35)29(26)34)19-9-18-31(7-2)8-3/h10-17,21,27,33H,6-9,18-20H2,1-5H3/b28-26-. The van der Waals surface area contributed by atoms with Gasteiger partial charge in [-0.25, -0.2) is 0 Å². The van der Waals surface area contributed by atoms with E-state index >= 15 is 0 Å². The Balaban J connectivity index is 1.98. The Kier molecular flexibility index (Phi) is 10.1. The number of aliphatic hydroxyl groups excluding tert-OH is 1. The molecular formula is C30H40N2O5. The molecule has 2 aromatic rings. The first kappa shape index (κ1) is 28.3. The fourth-order valence-electron chi connectivity index (χ4n) is 4.55. The van der Waals surface area contributed by atoms with E-state index in [4.69, 9.17) is 9.47 Å². The molecule has 1 aliphatic heterocycles.